The molecule has 0 spiro atoms. The summed E-state index contributed by atoms with van der Waals surface area (Å²) in [5.74, 6) is 0.0512. The van der Waals surface area contributed by atoms with Gasteiger partial charge in [0.2, 0.25) is 5.95 Å². The largest absolute Gasteiger partial charge is 0.291 e. The second-order valence-electron chi connectivity index (χ2n) is 3.31. The smallest absolute Gasteiger partial charge is 0.250 e. The normalized spacial score (nSPS) is 10.4. The Kier molecular flexibility index (Phi) is 3.60. The molecule has 2 aromatic rings. The first-order chi connectivity index (χ1) is 8.34. The Morgan fingerprint density at radius 1 is 1.06 bits per heavy atom. The summed E-state index contributed by atoms with van der Waals surface area (Å²) < 4.78 is 0. The molecule has 0 bridgehead atoms. The van der Waals surface area contributed by atoms with E-state index in [2.05, 4.69) is 15.3 Å². The summed E-state index contributed by atoms with van der Waals surface area (Å²) in [5, 5.41) is 2.56. The summed E-state index contributed by atoms with van der Waals surface area (Å²) >= 11 is 0. The van der Waals surface area contributed by atoms with E-state index in [1.807, 2.05) is 30.3 Å². The van der Waals surface area contributed by atoms with Gasteiger partial charge in [-0.05, 0) is 17.7 Å². The van der Waals surface area contributed by atoms with Crippen molar-refractivity contribution >= 4 is 17.9 Å². The van der Waals surface area contributed by atoms with Crippen molar-refractivity contribution in [3.8, 4) is 0 Å². The number of nitrogens with one attached hydrogen (secondary N) is 1. The lowest BCUT2D eigenvalue weighted by molar-refractivity contribution is -0.111. The molecule has 2 rings (SSSR count). The van der Waals surface area contributed by atoms with Gasteiger partial charge < -0.3 is 0 Å². The minimum Gasteiger partial charge on any atom is -0.291 e. The summed E-state index contributed by atoms with van der Waals surface area (Å²) in [6.45, 7) is 0. The molecule has 4 heteroatoms. The molecular formula is C13H11N3O. The van der Waals surface area contributed by atoms with Crippen molar-refractivity contribution < 1.29 is 4.79 Å². The second kappa shape index (κ2) is 5.55. The Balaban J connectivity index is 1.96. The van der Waals surface area contributed by atoms with E-state index in [1.165, 1.54) is 6.08 Å². The van der Waals surface area contributed by atoms with Crippen LogP contribution < -0.4 is 5.32 Å². The third kappa shape index (κ3) is 3.53. The van der Waals surface area contributed by atoms with Crippen LogP contribution in [-0.4, -0.2) is 15.9 Å². The second-order valence-corrected chi connectivity index (χ2v) is 3.31. The lowest BCUT2D eigenvalue weighted by atomic mass is 10.2. The maximum atomic E-state index is 11.5. The van der Waals surface area contributed by atoms with Gasteiger partial charge in [0.1, 0.15) is 0 Å². The van der Waals surface area contributed by atoms with Crippen molar-refractivity contribution in [2.24, 2.45) is 0 Å². The summed E-state index contributed by atoms with van der Waals surface area (Å²) in [7, 11) is 0. The first-order valence-electron chi connectivity index (χ1n) is 5.16. The van der Waals surface area contributed by atoms with Crippen LogP contribution in [0.4, 0.5) is 5.95 Å². The molecule has 0 aliphatic carbocycles. The number of nitrogens with zero attached hydrogens (tertiary/aromatic N) is 2. The molecule has 4 nitrogen and oxygen atoms in total. The van der Waals surface area contributed by atoms with Crippen LogP contribution in [0.15, 0.2) is 54.9 Å². The number of rotatable bonds is 3. The zero-order valence-corrected chi connectivity index (χ0v) is 9.08. The average Bonchev–Trinajstić information content (AvgIpc) is 2.39. The van der Waals surface area contributed by atoms with Crippen molar-refractivity contribution in [2.45, 2.75) is 0 Å². The van der Waals surface area contributed by atoms with Gasteiger partial charge in [0.15, 0.2) is 0 Å². The third-order valence-electron chi connectivity index (χ3n) is 2.03. The first-order valence-corrected chi connectivity index (χ1v) is 5.16. The van der Waals surface area contributed by atoms with Crippen molar-refractivity contribution in [2.75, 3.05) is 5.32 Å². The molecule has 1 aromatic carbocycles. The molecule has 1 N–H and O–H groups in total. The lowest BCUT2D eigenvalue weighted by Gasteiger charge is -1.98. The number of hydrogen-bond acceptors (Lipinski definition) is 3. The van der Waals surface area contributed by atoms with Gasteiger partial charge in [-0.25, -0.2) is 9.97 Å². The van der Waals surface area contributed by atoms with Crippen molar-refractivity contribution in [3.05, 3.63) is 60.4 Å². The standard InChI is InChI=1S/C13H11N3O/c17-12(16-13-14-9-4-10-15-13)8-7-11-5-2-1-3-6-11/h1-10H,(H,14,15,16,17)/b8-7+. The van der Waals surface area contributed by atoms with Crippen LogP contribution in [0.25, 0.3) is 6.08 Å². The topological polar surface area (TPSA) is 54.9 Å². The Labute approximate surface area is 99.0 Å². The zero-order chi connectivity index (χ0) is 11.9. The summed E-state index contributed by atoms with van der Waals surface area (Å²) in [5.41, 5.74) is 0.969. The summed E-state index contributed by atoms with van der Waals surface area (Å²) in [4.78, 5) is 19.3. The van der Waals surface area contributed by atoms with Gasteiger partial charge in [0.25, 0.3) is 5.91 Å². The van der Waals surface area contributed by atoms with Crippen LogP contribution in [0.3, 0.4) is 0 Å². The monoisotopic (exact) mass is 225 g/mol. The van der Waals surface area contributed by atoms with E-state index < -0.39 is 0 Å². The number of aromatic nitrogens is 2. The van der Waals surface area contributed by atoms with Crippen molar-refractivity contribution in [1.82, 2.24) is 9.97 Å². The Bertz CT molecular complexity index is 509. The molecule has 0 saturated carbocycles. The zero-order valence-electron chi connectivity index (χ0n) is 9.08. The van der Waals surface area contributed by atoms with Crippen LogP contribution in [0, 0.1) is 0 Å². The molecule has 1 heterocycles. The maximum Gasteiger partial charge on any atom is 0.250 e. The van der Waals surface area contributed by atoms with Crippen molar-refractivity contribution in [3.63, 3.8) is 0 Å². The van der Waals surface area contributed by atoms with Crippen LogP contribution in [0.1, 0.15) is 5.56 Å². The van der Waals surface area contributed by atoms with E-state index in [0.29, 0.717) is 5.95 Å². The molecule has 1 aromatic heterocycles. The van der Waals surface area contributed by atoms with Gasteiger partial charge >= 0.3 is 0 Å². The molecule has 0 radical (unpaired) electrons. The third-order valence-corrected chi connectivity index (χ3v) is 2.03. The molecule has 0 fully saturated rings. The Hall–Kier alpha value is -2.49. The highest BCUT2D eigenvalue weighted by molar-refractivity contribution is 6.00. The van der Waals surface area contributed by atoms with Crippen molar-refractivity contribution in [1.29, 1.82) is 0 Å². The SMILES string of the molecule is O=C(/C=C/c1ccccc1)Nc1ncccn1. The fourth-order valence-electron chi connectivity index (χ4n) is 1.25. The highest BCUT2D eigenvalue weighted by Crippen LogP contribution is 2.01. The number of anilines is 1. The first kappa shape index (κ1) is 11.0. The molecule has 0 saturated heterocycles. The number of carbonyl (C=O) groups excluding carboxylic acids is 1. The predicted octanol–water partition coefficient (Wildman–Crippen LogP) is 2.13. The Morgan fingerprint density at radius 3 is 2.47 bits per heavy atom. The molecule has 84 valence electrons. The van der Waals surface area contributed by atoms with Gasteiger partial charge in [-0.2, -0.15) is 0 Å². The van der Waals surface area contributed by atoms with Gasteiger partial charge in [0, 0.05) is 18.5 Å². The minimum absolute atomic E-state index is 0.250. The number of amides is 1. The van der Waals surface area contributed by atoms with E-state index in [0.717, 1.165) is 5.56 Å². The van der Waals surface area contributed by atoms with Gasteiger partial charge in [-0.1, -0.05) is 30.3 Å². The van der Waals surface area contributed by atoms with Gasteiger partial charge in [0.05, 0.1) is 0 Å². The van der Waals surface area contributed by atoms with E-state index in [9.17, 15) is 4.79 Å². The fraction of sp³-hybridized carbons (Fsp3) is 0. The van der Waals surface area contributed by atoms with E-state index in [4.69, 9.17) is 0 Å². The highest BCUT2D eigenvalue weighted by atomic mass is 16.1. The number of carbonyl (C=O) groups is 1. The van der Waals surface area contributed by atoms with Crippen LogP contribution >= 0.6 is 0 Å². The van der Waals surface area contributed by atoms with Gasteiger partial charge in [-0.3, -0.25) is 10.1 Å². The minimum atomic E-state index is -0.250. The van der Waals surface area contributed by atoms with Crippen LogP contribution in [0.2, 0.25) is 0 Å². The average molecular weight is 225 g/mol. The van der Waals surface area contributed by atoms with Gasteiger partial charge in [-0.15, -0.1) is 0 Å². The predicted molar refractivity (Wildman–Crippen MR) is 66.1 cm³/mol. The van der Waals surface area contributed by atoms with E-state index in [-0.39, 0.29) is 5.91 Å². The Morgan fingerprint density at radius 2 is 1.76 bits per heavy atom. The lowest BCUT2D eigenvalue weighted by Crippen LogP contribution is -2.10. The van der Waals surface area contributed by atoms with Crippen LogP contribution in [-0.2, 0) is 4.79 Å². The number of benzene rings is 1. The molecule has 1 amide bonds. The summed E-state index contributed by atoms with van der Waals surface area (Å²) in [6, 6.07) is 11.3. The molecular weight excluding hydrogens is 214 g/mol. The molecule has 17 heavy (non-hydrogen) atoms. The molecule has 0 atom stereocenters. The maximum absolute atomic E-state index is 11.5. The summed E-state index contributed by atoms with van der Waals surface area (Å²) in [6.07, 6.45) is 6.33. The van der Waals surface area contributed by atoms with Crippen LogP contribution in [0.5, 0.6) is 0 Å². The molecule has 0 aliphatic heterocycles. The highest BCUT2D eigenvalue weighted by Gasteiger charge is 1.98. The fourth-order valence-corrected chi connectivity index (χ4v) is 1.25. The molecule has 0 aliphatic rings. The molecule has 0 unspecified atom stereocenters. The van der Waals surface area contributed by atoms with E-state index in [1.54, 1.807) is 24.5 Å². The quantitative estimate of drug-likeness (QED) is 0.814. The number of hydrogen-bond donors (Lipinski definition) is 1. The van der Waals surface area contributed by atoms with E-state index >= 15 is 0 Å².